The Kier molecular flexibility index (Phi) is 4.92. The largest absolute Gasteiger partial charge is 0.504 e. The van der Waals surface area contributed by atoms with Gasteiger partial charge in [-0.2, -0.15) is 5.10 Å². The minimum atomic E-state index is -0.365. The predicted octanol–water partition coefficient (Wildman–Crippen LogP) is 4.42. The van der Waals surface area contributed by atoms with E-state index in [4.69, 9.17) is 16.3 Å². The number of halogens is 1. The highest BCUT2D eigenvalue weighted by Gasteiger charge is 2.16. The highest BCUT2D eigenvalue weighted by molar-refractivity contribution is 7.21. The van der Waals surface area contributed by atoms with Crippen LogP contribution in [-0.2, 0) is 0 Å². The van der Waals surface area contributed by atoms with E-state index in [2.05, 4.69) is 10.5 Å². The van der Waals surface area contributed by atoms with Crippen LogP contribution in [0.25, 0.3) is 10.1 Å². The van der Waals surface area contributed by atoms with Gasteiger partial charge in [-0.1, -0.05) is 29.8 Å². The van der Waals surface area contributed by atoms with Crippen molar-refractivity contribution in [3.05, 3.63) is 57.9 Å². The first-order chi connectivity index (χ1) is 12.0. The van der Waals surface area contributed by atoms with Crippen LogP contribution in [0.2, 0.25) is 5.02 Å². The fourth-order valence-electron chi connectivity index (χ4n) is 2.31. The second-order valence-electron chi connectivity index (χ2n) is 5.27. The Morgan fingerprint density at radius 3 is 2.76 bits per heavy atom. The van der Waals surface area contributed by atoms with Crippen LogP contribution >= 0.6 is 22.9 Å². The normalized spacial score (nSPS) is 11.6. The summed E-state index contributed by atoms with van der Waals surface area (Å²) in [5.74, 6) is 0.0161. The molecule has 25 heavy (non-hydrogen) atoms. The van der Waals surface area contributed by atoms with Gasteiger partial charge in [0.25, 0.3) is 5.91 Å². The first-order valence-corrected chi connectivity index (χ1v) is 8.59. The van der Waals surface area contributed by atoms with Crippen molar-refractivity contribution in [1.82, 2.24) is 5.43 Å². The van der Waals surface area contributed by atoms with Gasteiger partial charge in [0.15, 0.2) is 11.5 Å². The molecule has 0 saturated carbocycles. The highest BCUT2D eigenvalue weighted by Crippen LogP contribution is 2.35. The van der Waals surface area contributed by atoms with Crippen LogP contribution in [-0.4, -0.2) is 23.8 Å². The van der Waals surface area contributed by atoms with Gasteiger partial charge < -0.3 is 9.84 Å². The first-order valence-electron chi connectivity index (χ1n) is 7.40. The van der Waals surface area contributed by atoms with E-state index >= 15 is 0 Å². The lowest BCUT2D eigenvalue weighted by atomic mass is 10.1. The molecule has 0 saturated heterocycles. The number of thiophene rings is 1. The lowest BCUT2D eigenvalue weighted by Gasteiger charge is -2.06. The van der Waals surface area contributed by atoms with Crippen LogP contribution in [0, 0.1) is 0 Å². The van der Waals surface area contributed by atoms with Gasteiger partial charge in [0.2, 0.25) is 0 Å². The SMILES string of the molecule is COc1cc(/C(C)=N/NC(=O)c2sc3ccccc3c2Cl)ccc1O. The van der Waals surface area contributed by atoms with E-state index in [0.29, 0.717) is 21.4 Å². The Bertz CT molecular complexity index is 982. The zero-order valence-corrected chi connectivity index (χ0v) is 15.1. The Morgan fingerprint density at radius 2 is 2.04 bits per heavy atom. The van der Waals surface area contributed by atoms with Gasteiger partial charge >= 0.3 is 0 Å². The maximum absolute atomic E-state index is 12.4. The molecule has 1 aromatic heterocycles. The van der Waals surface area contributed by atoms with Gasteiger partial charge in [0, 0.05) is 15.6 Å². The maximum atomic E-state index is 12.4. The third-order valence-electron chi connectivity index (χ3n) is 3.66. The molecule has 128 valence electrons. The molecule has 0 aliphatic rings. The van der Waals surface area contributed by atoms with Gasteiger partial charge in [-0.3, -0.25) is 4.79 Å². The van der Waals surface area contributed by atoms with Crippen molar-refractivity contribution in [3.63, 3.8) is 0 Å². The molecule has 0 spiro atoms. The Hall–Kier alpha value is -2.57. The van der Waals surface area contributed by atoms with Crippen LogP contribution in [0.1, 0.15) is 22.2 Å². The van der Waals surface area contributed by atoms with Crippen molar-refractivity contribution in [2.24, 2.45) is 5.10 Å². The monoisotopic (exact) mass is 374 g/mol. The second-order valence-corrected chi connectivity index (χ2v) is 6.70. The number of hydrogen-bond donors (Lipinski definition) is 2. The van der Waals surface area contributed by atoms with E-state index in [9.17, 15) is 9.90 Å². The van der Waals surface area contributed by atoms with Crippen molar-refractivity contribution < 1.29 is 14.6 Å². The highest BCUT2D eigenvalue weighted by atomic mass is 35.5. The summed E-state index contributed by atoms with van der Waals surface area (Å²) in [6.45, 7) is 1.75. The molecule has 7 heteroatoms. The summed E-state index contributed by atoms with van der Waals surface area (Å²) in [7, 11) is 1.47. The van der Waals surface area contributed by atoms with Crippen LogP contribution in [0.3, 0.4) is 0 Å². The number of amides is 1. The number of ether oxygens (including phenoxy) is 1. The van der Waals surface area contributed by atoms with Gasteiger partial charge in [-0.25, -0.2) is 5.43 Å². The third kappa shape index (κ3) is 3.45. The number of phenols is 1. The number of carbonyl (C=O) groups excluding carboxylic acids is 1. The van der Waals surface area contributed by atoms with Gasteiger partial charge in [0.1, 0.15) is 4.88 Å². The van der Waals surface area contributed by atoms with E-state index in [-0.39, 0.29) is 11.7 Å². The zero-order chi connectivity index (χ0) is 18.0. The van der Waals surface area contributed by atoms with Crippen LogP contribution in [0.15, 0.2) is 47.6 Å². The molecule has 0 radical (unpaired) electrons. The average molecular weight is 375 g/mol. The molecule has 0 aliphatic heterocycles. The predicted molar refractivity (Wildman–Crippen MR) is 101 cm³/mol. The number of hydrogen-bond acceptors (Lipinski definition) is 5. The van der Waals surface area contributed by atoms with Gasteiger partial charge in [-0.05, 0) is 31.2 Å². The maximum Gasteiger partial charge on any atom is 0.283 e. The summed E-state index contributed by atoms with van der Waals surface area (Å²) < 4.78 is 6.02. The van der Waals surface area contributed by atoms with Crippen LogP contribution in [0.4, 0.5) is 0 Å². The van der Waals surface area contributed by atoms with E-state index in [1.807, 2.05) is 24.3 Å². The summed E-state index contributed by atoms with van der Waals surface area (Å²) in [5, 5.41) is 15.0. The van der Waals surface area contributed by atoms with E-state index in [0.717, 1.165) is 15.6 Å². The lowest BCUT2D eigenvalue weighted by Crippen LogP contribution is -2.18. The quantitative estimate of drug-likeness (QED) is 0.524. The Labute approximate surface area is 153 Å². The summed E-state index contributed by atoms with van der Waals surface area (Å²) >= 11 is 7.62. The van der Waals surface area contributed by atoms with E-state index in [1.54, 1.807) is 19.1 Å². The third-order valence-corrected chi connectivity index (χ3v) is 5.34. The molecule has 3 aromatic rings. The number of rotatable bonds is 4. The molecule has 5 nitrogen and oxygen atoms in total. The summed E-state index contributed by atoms with van der Waals surface area (Å²) in [5.41, 5.74) is 3.82. The van der Waals surface area contributed by atoms with Crippen molar-refractivity contribution in [2.45, 2.75) is 6.92 Å². The Balaban J connectivity index is 1.82. The van der Waals surface area contributed by atoms with Crippen LogP contribution < -0.4 is 10.2 Å². The molecular formula is C18H15ClN2O3S. The number of phenolic OH excluding ortho intramolecular Hbond substituents is 1. The van der Waals surface area contributed by atoms with Crippen molar-refractivity contribution in [2.75, 3.05) is 7.11 Å². The molecule has 3 rings (SSSR count). The number of benzene rings is 2. The summed E-state index contributed by atoms with van der Waals surface area (Å²) in [6.07, 6.45) is 0. The van der Waals surface area contributed by atoms with Gasteiger partial charge in [-0.15, -0.1) is 11.3 Å². The summed E-state index contributed by atoms with van der Waals surface area (Å²) in [6, 6.07) is 12.4. The number of nitrogens with zero attached hydrogens (tertiary/aromatic N) is 1. The Morgan fingerprint density at radius 1 is 1.28 bits per heavy atom. The van der Waals surface area contributed by atoms with Crippen molar-refractivity contribution in [1.29, 1.82) is 0 Å². The number of carbonyl (C=O) groups is 1. The first kappa shape index (κ1) is 17.3. The fourth-order valence-corrected chi connectivity index (χ4v) is 3.72. The molecular weight excluding hydrogens is 360 g/mol. The van der Waals surface area contributed by atoms with Crippen molar-refractivity contribution in [3.8, 4) is 11.5 Å². The molecule has 2 aromatic carbocycles. The fraction of sp³-hybridized carbons (Fsp3) is 0.111. The lowest BCUT2D eigenvalue weighted by molar-refractivity contribution is 0.0959. The van der Waals surface area contributed by atoms with E-state index < -0.39 is 0 Å². The topological polar surface area (TPSA) is 70.9 Å². The molecule has 0 fully saturated rings. The molecule has 2 N–H and O–H groups in total. The number of fused-ring (bicyclic) bond motifs is 1. The smallest absolute Gasteiger partial charge is 0.283 e. The average Bonchev–Trinajstić information content (AvgIpc) is 2.97. The molecule has 0 unspecified atom stereocenters. The molecule has 0 bridgehead atoms. The van der Waals surface area contributed by atoms with E-state index in [1.165, 1.54) is 24.5 Å². The van der Waals surface area contributed by atoms with Crippen LogP contribution in [0.5, 0.6) is 11.5 Å². The molecule has 1 amide bonds. The molecule has 0 aliphatic carbocycles. The minimum Gasteiger partial charge on any atom is -0.504 e. The standard InChI is InChI=1S/C18H15ClN2O3S/c1-10(11-7-8-13(22)14(9-11)24-2)20-21-18(23)17-16(19)12-5-3-4-6-15(12)25-17/h3-9,22H,1-2H3,(H,21,23)/b20-10+. The number of aromatic hydroxyl groups is 1. The number of methoxy groups -OCH3 is 1. The second kappa shape index (κ2) is 7.13. The van der Waals surface area contributed by atoms with Crippen molar-refractivity contribution >= 4 is 44.6 Å². The number of nitrogens with one attached hydrogen (secondary N) is 1. The molecule has 1 heterocycles. The molecule has 0 atom stereocenters. The zero-order valence-electron chi connectivity index (χ0n) is 13.5. The summed E-state index contributed by atoms with van der Waals surface area (Å²) in [4.78, 5) is 12.8. The minimum absolute atomic E-state index is 0.0418. The number of hydrazone groups is 1. The van der Waals surface area contributed by atoms with Gasteiger partial charge in [0.05, 0.1) is 17.8 Å².